The summed E-state index contributed by atoms with van der Waals surface area (Å²) in [6.07, 6.45) is 0. The maximum atomic E-state index is 13.1. The molecule has 0 saturated carbocycles. The zero-order valence-electron chi connectivity index (χ0n) is 6.46. The molecule has 0 saturated heterocycles. The largest absolute Gasteiger partial charge is 0.368 e. The van der Waals surface area contributed by atoms with Crippen LogP contribution in [-0.4, -0.2) is 9.97 Å². The van der Waals surface area contributed by atoms with E-state index in [4.69, 9.17) is 5.73 Å². The van der Waals surface area contributed by atoms with Gasteiger partial charge in [-0.25, -0.2) is 4.98 Å². The normalized spacial score (nSPS) is 10.6. The maximum Gasteiger partial charge on any atom is 0.225 e. The summed E-state index contributed by atoms with van der Waals surface area (Å²) in [5.74, 6) is -0.606. The van der Waals surface area contributed by atoms with Crippen LogP contribution in [0.4, 0.5) is 10.3 Å². The monoisotopic (exact) mass is 289 g/mol. The molecule has 13 heavy (non-hydrogen) atoms. The molecule has 1 heterocycles. The van der Waals surface area contributed by atoms with Crippen molar-refractivity contribution in [1.29, 1.82) is 0 Å². The van der Waals surface area contributed by atoms with Crippen molar-refractivity contribution in [2.24, 2.45) is 0 Å². The van der Waals surface area contributed by atoms with Crippen LogP contribution >= 0.6 is 22.6 Å². The highest BCUT2D eigenvalue weighted by Crippen LogP contribution is 2.17. The molecule has 0 aliphatic carbocycles. The average Bonchev–Trinajstić information content (AvgIpc) is 2.02. The highest BCUT2D eigenvalue weighted by atomic mass is 127. The smallest absolute Gasteiger partial charge is 0.225 e. The number of nitrogens with two attached hydrogens (primary N) is 1. The Hall–Kier alpha value is -0.980. The predicted octanol–water partition coefficient (Wildman–Crippen LogP) is 1.96. The van der Waals surface area contributed by atoms with Gasteiger partial charge in [0.25, 0.3) is 0 Å². The van der Waals surface area contributed by atoms with E-state index in [0.717, 1.165) is 3.57 Å². The van der Waals surface area contributed by atoms with E-state index in [-0.39, 0.29) is 5.95 Å². The molecule has 0 aliphatic heterocycles. The summed E-state index contributed by atoms with van der Waals surface area (Å²) in [6.45, 7) is 0. The van der Waals surface area contributed by atoms with Gasteiger partial charge in [0.1, 0.15) is 0 Å². The lowest BCUT2D eigenvalue weighted by Gasteiger charge is -1.99. The Bertz CT molecular complexity index is 467. The first kappa shape index (κ1) is 8.61. The Kier molecular flexibility index (Phi) is 2.03. The summed E-state index contributed by atoms with van der Waals surface area (Å²) < 4.78 is 14.1. The van der Waals surface area contributed by atoms with Crippen molar-refractivity contribution in [3.63, 3.8) is 0 Å². The number of hydrogen-bond donors (Lipinski definition) is 1. The highest BCUT2D eigenvalue weighted by Gasteiger charge is 2.04. The Morgan fingerprint density at radius 1 is 1.31 bits per heavy atom. The lowest BCUT2D eigenvalue weighted by Crippen LogP contribution is -1.98. The minimum Gasteiger partial charge on any atom is -0.368 e. The fourth-order valence-corrected chi connectivity index (χ4v) is 1.56. The van der Waals surface area contributed by atoms with Crippen LogP contribution in [0.2, 0.25) is 0 Å². The third-order valence-corrected chi connectivity index (χ3v) is 2.30. The van der Waals surface area contributed by atoms with Gasteiger partial charge >= 0.3 is 0 Å². The first-order valence-corrected chi connectivity index (χ1v) is 4.63. The first-order chi connectivity index (χ1) is 6.16. The van der Waals surface area contributed by atoms with Crippen molar-refractivity contribution in [3.05, 3.63) is 27.7 Å². The molecule has 2 rings (SSSR count). The van der Waals surface area contributed by atoms with Gasteiger partial charge in [0.15, 0.2) is 0 Å². The molecule has 0 fully saturated rings. The van der Waals surface area contributed by atoms with Crippen LogP contribution in [0.5, 0.6) is 0 Å². The minimum atomic E-state index is -0.570. The zero-order chi connectivity index (χ0) is 9.42. The molecule has 2 N–H and O–H groups in total. The second kappa shape index (κ2) is 3.06. The van der Waals surface area contributed by atoms with Crippen LogP contribution in [0.15, 0.2) is 18.2 Å². The summed E-state index contributed by atoms with van der Waals surface area (Å²) >= 11 is 2.13. The van der Waals surface area contributed by atoms with Crippen LogP contribution in [0.1, 0.15) is 0 Å². The van der Waals surface area contributed by atoms with Crippen LogP contribution in [-0.2, 0) is 0 Å². The number of benzene rings is 1. The molecular formula is C8H5FIN3. The molecule has 1 aromatic heterocycles. The maximum absolute atomic E-state index is 13.1. The summed E-state index contributed by atoms with van der Waals surface area (Å²) in [5, 5.41) is 0.398. The van der Waals surface area contributed by atoms with Gasteiger partial charge in [-0.3, -0.25) is 0 Å². The van der Waals surface area contributed by atoms with E-state index >= 15 is 0 Å². The first-order valence-electron chi connectivity index (χ1n) is 3.55. The highest BCUT2D eigenvalue weighted by molar-refractivity contribution is 14.1. The van der Waals surface area contributed by atoms with E-state index in [0.29, 0.717) is 10.9 Å². The van der Waals surface area contributed by atoms with Crippen LogP contribution < -0.4 is 5.73 Å². The van der Waals surface area contributed by atoms with Crippen molar-refractivity contribution in [3.8, 4) is 0 Å². The van der Waals surface area contributed by atoms with Crippen molar-refractivity contribution in [1.82, 2.24) is 9.97 Å². The van der Waals surface area contributed by atoms with Gasteiger partial charge in [0.2, 0.25) is 11.9 Å². The van der Waals surface area contributed by atoms with Gasteiger partial charge in [-0.05, 0) is 40.8 Å². The Balaban J connectivity index is 2.86. The second-order valence-electron chi connectivity index (χ2n) is 2.53. The van der Waals surface area contributed by atoms with Gasteiger partial charge in [-0.15, -0.1) is 0 Å². The van der Waals surface area contributed by atoms with Crippen LogP contribution in [0, 0.1) is 9.52 Å². The van der Waals surface area contributed by atoms with Crippen molar-refractivity contribution < 1.29 is 4.39 Å². The second-order valence-corrected chi connectivity index (χ2v) is 3.78. The van der Waals surface area contributed by atoms with Crippen molar-refractivity contribution in [2.75, 3.05) is 5.73 Å². The van der Waals surface area contributed by atoms with E-state index in [2.05, 4.69) is 32.6 Å². The molecule has 0 atom stereocenters. The van der Waals surface area contributed by atoms with Gasteiger partial charge in [0.05, 0.1) is 10.9 Å². The van der Waals surface area contributed by atoms with E-state index in [1.165, 1.54) is 0 Å². The Morgan fingerprint density at radius 2 is 2.08 bits per heavy atom. The quantitative estimate of drug-likeness (QED) is 0.596. The molecule has 3 nitrogen and oxygen atoms in total. The lowest BCUT2D eigenvalue weighted by molar-refractivity contribution is 0.596. The Labute approximate surface area is 87.3 Å². The van der Waals surface area contributed by atoms with Crippen LogP contribution in [0.3, 0.4) is 0 Å². The van der Waals surface area contributed by atoms with Crippen molar-refractivity contribution in [2.45, 2.75) is 0 Å². The third kappa shape index (κ3) is 1.55. The lowest BCUT2D eigenvalue weighted by atomic mass is 10.2. The van der Waals surface area contributed by atoms with E-state index in [1.807, 2.05) is 0 Å². The SMILES string of the molecule is Nc1nc(F)c2ccc(I)cc2n1. The Morgan fingerprint density at radius 3 is 2.85 bits per heavy atom. The topological polar surface area (TPSA) is 51.8 Å². The number of aromatic nitrogens is 2. The zero-order valence-corrected chi connectivity index (χ0v) is 8.62. The molecule has 0 radical (unpaired) electrons. The van der Waals surface area contributed by atoms with Gasteiger partial charge in [-0.1, -0.05) is 0 Å². The standard InChI is InChI=1S/C8H5FIN3/c9-7-5-2-1-4(10)3-6(5)12-8(11)13-7/h1-3H,(H2,11,12,13). The summed E-state index contributed by atoms with van der Waals surface area (Å²) in [4.78, 5) is 7.35. The molecule has 2 aromatic rings. The number of hydrogen-bond acceptors (Lipinski definition) is 3. The van der Waals surface area contributed by atoms with Crippen molar-refractivity contribution >= 4 is 39.4 Å². The molecule has 66 valence electrons. The molecule has 0 aliphatic rings. The minimum absolute atomic E-state index is 0.0352. The molecule has 0 amide bonds. The number of nitrogen functional groups attached to an aromatic ring is 1. The number of nitrogens with zero attached hydrogens (tertiary/aromatic N) is 2. The predicted molar refractivity (Wildman–Crippen MR) is 56.6 cm³/mol. The molecule has 0 bridgehead atoms. The van der Waals surface area contributed by atoms with Gasteiger partial charge in [0, 0.05) is 3.57 Å². The molecule has 5 heteroatoms. The number of fused-ring (bicyclic) bond motifs is 1. The number of halogens is 2. The van der Waals surface area contributed by atoms with E-state index in [9.17, 15) is 4.39 Å². The average molecular weight is 289 g/mol. The summed E-state index contributed by atoms with van der Waals surface area (Å²) in [5.41, 5.74) is 5.85. The molecule has 1 aromatic carbocycles. The van der Waals surface area contributed by atoms with E-state index < -0.39 is 5.95 Å². The molecule has 0 unspecified atom stereocenters. The number of anilines is 1. The summed E-state index contributed by atoms with van der Waals surface area (Å²) in [6, 6.07) is 5.20. The number of rotatable bonds is 0. The summed E-state index contributed by atoms with van der Waals surface area (Å²) in [7, 11) is 0. The fraction of sp³-hybridized carbons (Fsp3) is 0. The molecular weight excluding hydrogens is 284 g/mol. The van der Waals surface area contributed by atoms with Gasteiger partial charge < -0.3 is 5.73 Å². The van der Waals surface area contributed by atoms with E-state index in [1.54, 1.807) is 18.2 Å². The molecule has 0 spiro atoms. The third-order valence-electron chi connectivity index (χ3n) is 1.63. The fourth-order valence-electron chi connectivity index (χ4n) is 1.08. The van der Waals surface area contributed by atoms with Crippen LogP contribution in [0.25, 0.3) is 10.9 Å². The van der Waals surface area contributed by atoms with Gasteiger partial charge in [-0.2, -0.15) is 9.37 Å².